The third-order valence-corrected chi connectivity index (χ3v) is 8.98. The quantitative estimate of drug-likeness (QED) is 0.324. The number of aromatic nitrogens is 4. The molecule has 0 radical (unpaired) electrons. The van der Waals surface area contributed by atoms with Crippen molar-refractivity contribution in [1.82, 2.24) is 19.2 Å². The number of anilines is 3. The van der Waals surface area contributed by atoms with Gasteiger partial charge in [0.1, 0.15) is 18.0 Å². The van der Waals surface area contributed by atoms with E-state index in [1.807, 2.05) is 54.8 Å². The zero-order chi connectivity index (χ0) is 28.8. The van der Waals surface area contributed by atoms with E-state index in [2.05, 4.69) is 57.4 Å². The predicted molar refractivity (Wildman–Crippen MR) is 167 cm³/mol. The number of para-hydroxylation sites is 1. The summed E-state index contributed by atoms with van der Waals surface area (Å²) in [5.41, 5.74) is 4.91. The Morgan fingerprint density at radius 2 is 1.59 bits per heavy atom. The third-order valence-electron chi connectivity index (χ3n) is 8.01. The van der Waals surface area contributed by atoms with Crippen molar-refractivity contribution in [3.8, 4) is 0 Å². The molecule has 1 aliphatic heterocycles. The first-order valence-corrected chi connectivity index (χ1v) is 15.4. The summed E-state index contributed by atoms with van der Waals surface area (Å²) in [5, 5.41) is 13.5. The Labute approximate surface area is 241 Å². The van der Waals surface area contributed by atoms with Gasteiger partial charge < -0.3 is 15.1 Å². The van der Waals surface area contributed by atoms with Crippen LogP contribution in [0.3, 0.4) is 0 Å². The molecule has 0 spiro atoms. The highest BCUT2D eigenvalue weighted by molar-refractivity contribution is 7.84. The monoisotopic (exact) mass is 569 g/mol. The average molecular weight is 570 g/mol. The number of fused-ring (bicyclic) bond motifs is 2. The molecule has 1 aliphatic rings. The van der Waals surface area contributed by atoms with Gasteiger partial charge in [0.2, 0.25) is 0 Å². The number of nitrogens with one attached hydrogen (secondary N) is 1. The lowest BCUT2D eigenvalue weighted by molar-refractivity contribution is 0.625. The summed E-state index contributed by atoms with van der Waals surface area (Å²) in [7, 11) is 0.745. The van der Waals surface area contributed by atoms with Gasteiger partial charge in [-0.2, -0.15) is 0 Å². The first-order valence-electron chi connectivity index (χ1n) is 13.8. The van der Waals surface area contributed by atoms with E-state index in [0.717, 1.165) is 76.1 Å². The van der Waals surface area contributed by atoms with Crippen molar-refractivity contribution in [2.45, 2.75) is 31.7 Å². The van der Waals surface area contributed by atoms with Gasteiger partial charge in [-0.05, 0) is 79.2 Å². The molecular weight excluding hydrogens is 534 g/mol. The Bertz CT molecular complexity index is 1850. The number of benzene rings is 2. The molecule has 3 aromatic heterocycles. The van der Waals surface area contributed by atoms with Crippen molar-refractivity contribution in [3.05, 3.63) is 88.0 Å². The average Bonchev–Trinajstić information content (AvgIpc) is 3.43. The standard InChI is InChI=1S/C31H35N7O2S/c1-20-14-23(22(3)33-26-8-6-7-9-27(26)41(5)40)24-18-29(35(4)31(39)25(24)15-20)36-10-12-37(13-11-36)30-17-21(2)16-28-34-32-19-38(28)30/h6-9,14-19,22,33H,10-13H2,1-5H3/t22-,41?/m1/s1. The molecule has 2 aromatic carbocycles. The van der Waals surface area contributed by atoms with Crippen molar-refractivity contribution >= 4 is 44.5 Å². The Balaban J connectivity index is 1.33. The molecule has 9 nitrogen and oxygen atoms in total. The number of nitrogens with zero attached hydrogens (tertiary/aromatic N) is 6. The highest BCUT2D eigenvalue weighted by Gasteiger charge is 2.23. The molecule has 41 heavy (non-hydrogen) atoms. The first-order chi connectivity index (χ1) is 19.7. The van der Waals surface area contributed by atoms with Gasteiger partial charge in [-0.25, -0.2) is 0 Å². The predicted octanol–water partition coefficient (Wildman–Crippen LogP) is 4.44. The topological polar surface area (TPSA) is 87.8 Å². The van der Waals surface area contributed by atoms with Gasteiger partial charge in [0.15, 0.2) is 5.65 Å². The largest absolute Gasteiger partial charge is 0.378 e. The van der Waals surface area contributed by atoms with Gasteiger partial charge in [0.25, 0.3) is 5.56 Å². The fourth-order valence-corrected chi connectivity index (χ4v) is 6.64. The summed E-state index contributed by atoms with van der Waals surface area (Å²) in [6, 6.07) is 18.1. The van der Waals surface area contributed by atoms with Crippen molar-refractivity contribution in [2.24, 2.45) is 7.05 Å². The van der Waals surface area contributed by atoms with E-state index in [4.69, 9.17) is 0 Å². The Morgan fingerprint density at radius 1 is 0.902 bits per heavy atom. The number of rotatable bonds is 6. The second-order valence-corrected chi connectivity index (χ2v) is 12.3. The van der Waals surface area contributed by atoms with E-state index in [0.29, 0.717) is 5.39 Å². The summed E-state index contributed by atoms with van der Waals surface area (Å²) < 4.78 is 16.2. The maximum absolute atomic E-state index is 13.7. The fraction of sp³-hybridized carbons (Fsp3) is 0.323. The molecule has 10 heteroatoms. The molecule has 2 atom stereocenters. The van der Waals surface area contributed by atoms with Gasteiger partial charge >= 0.3 is 0 Å². The van der Waals surface area contributed by atoms with Crippen LogP contribution in [0.5, 0.6) is 0 Å². The summed E-state index contributed by atoms with van der Waals surface area (Å²) >= 11 is 0. The summed E-state index contributed by atoms with van der Waals surface area (Å²) in [4.78, 5) is 19.1. The molecule has 1 N–H and O–H groups in total. The first kappa shape index (κ1) is 27.0. The van der Waals surface area contributed by atoms with Crippen LogP contribution >= 0.6 is 0 Å². The maximum atomic E-state index is 13.7. The second-order valence-electron chi connectivity index (χ2n) is 10.9. The lowest BCUT2D eigenvalue weighted by Gasteiger charge is -2.38. The lowest BCUT2D eigenvalue weighted by atomic mass is 9.97. The SMILES string of the molecule is Cc1cc([C@@H](C)Nc2ccccc2S(C)=O)c2cc(N3CCN(c4cc(C)cc5nncn45)CC3)n(C)c(=O)c2c1. The molecule has 1 fully saturated rings. The minimum atomic E-state index is -1.12. The van der Waals surface area contributed by atoms with Crippen molar-refractivity contribution < 1.29 is 4.21 Å². The second kappa shape index (κ2) is 10.7. The van der Waals surface area contributed by atoms with Gasteiger partial charge in [0.05, 0.1) is 21.4 Å². The van der Waals surface area contributed by atoms with Gasteiger partial charge in [-0.1, -0.05) is 18.2 Å². The number of piperazine rings is 1. The third kappa shape index (κ3) is 4.97. The van der Waals surface area contributed by atoms with Crippen LogP contribution in [-0.2, 0) is 17.8 Å². The number of aryl methyl sites for hydroxylation is 2. The number of hydrogen-bond donors (Lipinski definition) is 1. The molecule has 0 saturated carbocycles. The van der Waals surface area contributed by atoms with E-state index in [1.165, 1.54) is 0 Å². The number of pyridine rings is 2. The molecule has 212 valence electrons. The molecular formula is C31H35N7O2S. The van der Waals surface area contributed by atoms with Crippen LogP contribution in [0, 0.1) is 13.8 Å². The molecule has 0 amide bonds. The van der Waals surface area contributed by atoms with Gasteiger partial charge in [0, 0.05) is 50.9 Å². The van der Waals surface area contributed by atoms with Crippen LogP contribution in [-0.4, -0.2) is 55.8 Å². The molecule has 6 rings (SSSR count). The zero-order valence-corrected chi connectivity index (χ0v) is 24.9. The molecule has 1 saturated heterocycles. The highest BCUT2D eigenvalue weighted by atomic mass is 32.2. The van der Waals surface area contributed by atoms with E-state index in [1.54, 1.807) is 17.2 Å². The van der Waals surface area contributed by atoms with Crippen molar-refractivity contribution in [3.63, 3.8) is 0 Å². The Hall–Kier alpha value is -4.18. The van der Waals surface area contributed by atoms with E-state index >= 15 is 0 Å². The van der Waals surface area contributed by atoms with Crippen molar-refractivity contribution in [1.29, 1.82) is 0 Å². The van der Waals surface area contributed by atoms with E-state index < -0.39 is 10.8 Å². The Morgan fingerprint density at radius 3 is 2.32 bits per heavy atom. The molecule has 4 heterocycles. The minimum absolute atomic E-state index is 0.00276. The highest BCUT2D eigenvalue weighted by Crippen LogP contribution is 2.32. The Kier molecular flexibility index (Phi) is 7.03. The zero-order valence-electron chi connectivity index (χ0n) is 24.1. The van der Waals surface area contributed by atoms with Crippen LogP contribution in [0.1, 0.15) is 29.7 Å². The molecule has 5 aromatic rings. The minimum Gasteiger partial charge on any atom is -0.378 e. The van der Waals surface area contributed by atoms with Crippen LogP contribution in [0.15, 0.2) is 70.6 Å². The van der Waals surface area contributed by atoms with Gasteiger partial charge in [-0.3, -0.25) is 18.0 Å². The fourth-order valence-electron chi connectivity index (χ4n) is 5.93. The van der Waals surface area contributed by atoms with Crippen LogP contribution < -0.4 is 20.7 Å². The lowest BCUT2D eigenvalue weighted by Crippen LogP contribution is -2.48. The van der Waals surface area contributed by atoms with E-state index in [9.17, 15) is 9.00 Å². The molecule has 0 bridgehead atoms. The normalized spacial score (nSPS) is 15.4. The van der Waals surface area contributed by atoms with E-state index in [-0.39, 0.29) is 11.6 Å². The summed E-state index contributed by atoms with van der Waals surface area (Å²) in [6.45, 7) is 9.37. The number of hydrogen-bond acceptors (Lipinski definition) is 7. The molecule has 0 aliphatic carbocycles. The van der Waals surface area contributed by atoms with Crippen molar-refractivity contribution in [2.75, 3.05) is 47.6 Å². The van der Waals surface area contributed by atoms with Crippen LogP contribution in [0.25, 0.3) is 16.4 Å². The summed E-state index contributed by atoms with van der Waals surface area (Å²) in [5.74, 6) is 2.00. The smallest absolute Gasteiger partial charge is 0.259 e. The van der Waals surface area contributed by atoms with Crippen LogP contribution in [0.2, 0.25) is 0 Å². The van der Waals surface area contributed by atoms with Gasteiger partial charge in [-0.15, -0.1) is 10.2 Å². The maximum Gasteiger partial charge on any atom is 0.259 e. The molecule has 1 unspecified atom stereocenters. The summed E-state index contributed by atoms with van der Waals surface area (Å²) in [6.07, 6.45) is 3.45. The van der Waals surface area contributed by atoms with Crippen LogP contribution in [0.4, 0.5) is 17.3 Å².